The van der Waals surface area contributed by atoms with Gasteiger partial charge in [0.15, 0.2) is 0 Å². The molecule has 3 nitrogen and oxygen atoms in total. The quantitative estimate of drug-likeness (QED) is 0.608. The molecule has 0 bridgehead atoms. The molecule has 25 heavy (non-hydrogen) atoms. The zero-order chi connectivity index (χ0) is 18.8. The summed E-state index contributed by atoms with van der Waals surface area (Å²) in [6.45, 7) is 5.76. The predicted octanol–water partition coefficient (Wildman–Crippen LogP) is 5.09. The average molecular weight is 352 g/mol. The second kappa shape index (κ2) is 6.78. The van der Waals surface area contributed by atoms with Crippen molar-refractivity contribution in [3.63, 3.8) is 0 Å². The molecular formula is C19H19F3O3. The molecule has 1 heterocycles. The van der Waals surface area contributed by atoms with Crippen molar-refractivity contribution in [1.29, 1.82) is 0 Å². The van der Waals surface area contributed by atoms with Crippen LogP contribution in [0.1, 0.15) is 31.9 Å². The van der Waals surface area contributed by atoms with Crippen molar-refractivity contribution in [1.82, 2.24) is 0 Å². The molecule has 1 N–H and O–H groups in total. The molecule has 0 saturated carbocycles. The van der Waals surface area contributed by atoms with Gasteiger partial charge in [0.05, 0.1) is 12.2 Å². The molecule has 2 rings (SSSR count). The fourth-order valence-corrected chi connectivity index (χ4v) is 2.46. The number of benzene rings is 1. The molecule has 0 aromatic heterocycles. The van der Waals surface area contributed by atoms with Crippen molar-refractivity contribution in [3.8, 4) is 5.75 Å². The molecule has 6 heteroatoms. The van der Waals surface area contributed by atoms with Crippen LogP contribution in [0.3, 0.4) is 0 Å². The molecule has 0 fully saturated rings. The molecule has 1 aliphatic heterocycles. The highest BCUT2D eigenvalue weighted by Gasteiger charge is 2.32. The predicted molar refractivity (Wildman–Crippen MR) is 89.2 cm³/mol. The maximum atomic E-state index is 13.0. The largest absolute Gasteiger partial charge is 0.492 e. The molecule has 0 radical (unpaired) electrons. The number of halogens is 3. The van der Waals surface area contributed by atoms with Gasteiger partial charge in [-0.2, -0.15) is 13.2 Å². The maximum absolute atomic E-state index is 13.0. The highest BCUT2D eigenvalue weighted by Crippen LogP contribution is 2.39. The summed E-state index contributed by atoms with van der Waals surface area (Å²) in [6, 6.07) is 3.37. The minimum Gasteiger partial charge on any atom is -0.492 e. The molecule has 0 saturated heterocycles. The van der Waals surface area contributed by atoms with Crippen LogP contribution in [0, 0.1) is 5.41 Å². The Morgan fingerprint density at radius 3 is 2.60 bits per heavy atom. The first-order chi connectivity index (χ1) is 11.5. The van der Waals surface area contributed by atoms with Gasteiger partial charge in [0, 0.05) is 17.1 Å². The summed E-state index contributed by atoms with van der Waals surface area (Å²) in [5, 5.41) is 8.76. The number of fused-ring (bicyclic) bond motifs is 1. The second-order valence-corrected chi connectivity index (χ2v) is 6.65. The van der Waals surface area contributed by atoms with E-state index in [1.54, 1.807) is 19.1 Å². The van der Waals surface area contributed by atoms with Crippen molar-refractivity contribution in [2.45, 2.75) is 26.9 Å². The lowest BCUT2D eigenvalue weighted by atomic mass is 9.90. The van der Waals surface area contributed by atoms with Crippen molar-refractivity contribution in [2.24, 2.45) is 5.41 Å². The number of ether oxygens (including phenoxy) is 1. The average Bonchev–Trinajstić information content (AvgIpc) is 2.60. The van der Waals surface area contributed by atoms with Gasteiger partial charge in [-0.1, -0.05) is 32.1 Å². The number of hydrogen-bond donors (Lipinski definition) is 1. The molecule has 0 amide bonds. The van der Waals surface area contributed by atoms with Gasteiger partial charge >= 0.3 is 12.1 Å². The molecule has 1 aromatic carbocycles. The summed E-state index contributed by atoms with van der Waals surface area (Å²) < 4.78 is 44.8. The highest BCUT2D eigenvalue weighted by molar-refractivity contribution is 5.82. The zero-order valence-electron chi connectivity index (χ0n) is 14.1. The van der Waals surface area contributed by atoms with Crippen molar-refractivity contribution < 1.29 is 27.8 Å². The van der Waals surface area contributed by atoms with Crippen LogP contribution in [0.2, 0.25) is 0 Å². The van der Waals surface area contributed by atoms with E-state index in [2.05, 4.69) is 0 Å². The van der Waals surface area contributed by atoms with Gasteiger partial charge in [0.25, 0.3) is 0 Å². The van der Waals surface area contributed by atoms with Crippen LogP contribution < -0.4 is 4.74 Å². The number of rotatable bonds is 3. The molecular weight excluding hydrogens is 333 g/mol. The van der Waals surface area contributed by atoms with Gasteiger partial charge in [0.2, 0.25) is 0 Å². The summed E-state index contributed by atoms with van der Waals surface area (Å²) in [5.41, 5.74) is 0.222. The lowest BCUT2D eigenvalue weighted by Crippen LogP contribution is -2.17. The first kappa shape index (κ1) is 18.8. The standard InChI is InChI=1S/C19H19F3O3/c1-12(8-17(23)24)4-5-13-10-18(2,3)11-25-16-7-6-14(9-15(13)16)19(20,21)22/h4-10H,11H2,1-3H3,(H,23,24). The van der Waals surface area contributed by atoms with Gasteiger partial charge in [-0.3, -0.25) is 0 Å². The lowest BCUT2D eigenvalue weighted by Gasteiger charge is -2.18. The Balaban J connectivity index is 2.54. The van der Waals surface area contributed by atoms with Gasteiger partial charge < -0.3 is 9.84 Å². The number of carboxylic acids is 1. The van der Waals surface area contributed by atoms with Crippen molar-refractivity contribution in [3.05, 3.63) is 59.2 Å². The summed E-state index contributed by atoms with van der Waals surface area (Å²) in [7, 11) is 0. The van der Waals surface area contributed by atoms with E-state index in [9.17, 15) is 18.0 Å². The fourth-order valence-electron chi connectivity index (χ4n) is 2.46. The molecule has 134 valence electrons. The second-order valence-electron chi connectivity index (χ2n) is 6.65. The third kappa shape index (κ3) is 4.98. The number of carboxylic acid groups (broad SMARTS) is 1. The highest BCUT2D eigenvalue weighted by atomic mass is 19.4. The number of aliphatic carboxylic acids is 1. The number of carbonyl (C=O) groups is 1. The molecule has 0 unspecified atom stereocenters. The minimum atomic E-state index is -4.45. The van der Waals surface area contributed by atoms with E-state index in [-0.39, 0.29) is 5.41 Å². The SMILES string of the molecule is CC(C=CC1=CC(C)(C)COc2ccc(C(F)(F)F)cc21)=CC(=O)O. The summed E-state index contributed by atoms with van der Waals surface area (Å²) in [4.78, 5) is 10.7. The fraction of sp³-hybridized carbons (Fsp3) is 0.316. The van der Waals surface area contributed by atoms with Crippen molar-refractivity contribution >= 4 is 11.5 Å². The Labute approximate surface area is 144 Å². The zero-order valence-corrected chi connectivity index (χ0v) is 14.1. The van der Waals surface area contributed by atoms with E-state index in [0.29, 0.717) is 29.1 Å². The Hall–Kier alpha value is -2.50. The van der Waals surface area contributed by atoms with E-state index in [1.165, 1.54) is 6.07 Å². The Bertz CT molecular complexity index is 769. The van der Waals surface area contributed by atoms with E-state index >= 15 is 0 Å². The topological polar surface area (TPSA) is 46.5 Å². The lowest BCUT2D eigenvalue weighted by molar-refractivity contribution is -0.137. The monoisotopic (exact) mass is 352 g/mol. The Morgan fingerprint density at radius 1 is 1.32 bits per heavy atom. The third-order valence-electron chi connectivity index (χ3n) is 3.64. The molecule has 0 atom stereocenters. The third-order valence-corrected chi connectivity index (χ3v) is 3.64. The van der Waals surface area contributed by atoms with Crippen LogP contribution in [-0.2, 0) is 11.0 Å². The van der Waals surface area contributed by atoms with Crippen LogP contribution in [0.15, 0.2) is 48.1 Å². The maximum Gasteiger partial charge on any atom is 0.416 e. The molecule has 1 aliphatic rings. The normalized spacial score (nSPS) is 17.5. The molecule has 0 spiro atoms. The number of hydrogen-bond acceptors (Lipinski definition) is 2. The van der Waals surface area contributed by atoms with Crippen LogP contribution in [0.4, 0.5) is 13.2 Å². The molecule has 1 aromatic rings. The van der Waals surface area contributed by atoms with E-state index in [1.807, 2.05) is 19.9 Å². The smallest absolute Gasteiger partial charge is 0.416 e. The Morgan fingerprint density at radius 2 is 2.00 bits per heavy atom. The van der Waals surface area contributed by atoms with E-state index in [4.69, 9.17) is 9.84 Å². The van der Waals surface area contributed by atoms with Gasteiger partial charge in [0.1, 0.15) is 5.75 Å². The minimum absolute atomic E-state index is 0.326. The van der Waals surface area contributed by atoms with Gasteiger partial charge in [-0.15, -0.1) is 0 Å². The summed E-state index contributed by atoms with van der Waals surface area (Å²) in [5.74, 6) is -0.713. The Kier molecular flexibility index (Phi) is 5.11. The first-order valence-electron chi connectivity index (χ1n) is 7.64. The summed E-state index contributed by atoms with van der Waals surface area (Å²) in [6.07, 6.45) is 1.59. The van der Waals surface area contributed by atoms with Gasteiger partial charge in [-0.05, 0) is 36.3 Å². The van der Waals surface area contributed by atoms with Crippen LogP contribution in [-0.4, -0.2) is 17.7 Å². The summed E-state index contributed by atoms with van der Waals surface area (Å²) >= 11 is 0. The van der Waals surface area contributed by atoms with Crippen LogP contribution in [0.5, 0.6) is 5.75 Å². The van der Waals surface area contributed by atoms with Crippen molar-refractivity contribution in [2.75, 3.05) is 6.61 Å². The van der Waals surface area contributed by atoms with Crippen LogP contribution in [0.25, 0.3) is 5.57 Å². The molecule has 0 aliphatic carbocycles. The van der Waals surface area contributed by atoms with E-state index in [0.717, 1.165) is 18.2 Å². The van der Waals surface area contributed by atoms with Gasteiger partial charge in [-0.25, -0.2) is 4.79 Å². The van der Waals surface area contributed by atoms with E-state index < -0.39 is 17.7 Å². The number of alkyl halides is 3. The van der Waals surface area contributed by atoms with Crippen LogP contribution >= 0.6 is 0 Å². The first-order valence-corrected chi connectivity index (χ1v) is 7.64. The number of allylic oxidation sites excluding steroid dienone is 4.